The fourth-order valence-electron chi connectivity index (χ4n) is 2.93. The van der Waals surface area contributed by atoms with Crippen molar-refractivity contribution in [2.75, 3.05) is 70.5 Å². The standard InChI is InChI=1S/C12H23N4OS/c1-3-15(4-2-13-1)16-7-10-18-11-12(16)14-5-8-17-9-6-14/h12H,1-11H2. The fraction of sp³-hybridized carbons (Fsp3) is 1.00. The third-order valence-corrected chi connectivity index (χ3v) is 4.94. The molecule has 0 aromatic rings. The first-order valence-electron chi connectivity index (χ1n) is 6.99. The van der Waals surface area contributed by atoms with Gasteiger partial charge < -0.3 is 4.74 Å². The van der Waals surface area contributed by atoms with Gasteiger partial charge in [0.05, 0.1) is 19.4 Å². The Balaban J connectivity index is 1.64. The molecule has 1 unspecified atom stereocenters. The average molecular weight is 271 g/mol. The quantitative estimate of drug-likeness (QED) is 0.678. The second kappa shape index (κ2) is 6.54. The van der Waals surface area contributed by atoms with E-state index in [1.807, 2.05) is 0 Å². The Labute approximate surface area is 114 Å². The lowest BCUT2D eigenvalue weighted by atomic mass is 10.3. The van der Waals surface area contributed by atoms with Gasteiger partial charge in [-0.05, 0) is 0 Å². The van der Waals surface area contributed by atoms with Crippen molar-refractivity contribution in [1.82, 2.24) is 20.2 Å². The van der Waals surface area contributed by atoms with Crippen molar-refractivity contribution in [1.29, 1.82) is 0 Å². The minimum absolute atomic E-state index is 0.575. The van der Waals surface area contributed by atoms with E-state index in [1.54, 1.807) is 0 Å². The number of morpholine rings is 1. The van der Waals surface area contributed by atoms with E-state index in [-0.39, 0.29) is 0 Å². The van der Waals surface area contributed by atoms with Crippen LogP contribution in [-0.2, 0) is 4.74 Å². The number of ether oxygens (including phenoxy) is 1. The van der Waals surface area contributed by atoms with E-state index < -0.39 is 0 Å². The third-order valence-electron chi connectivity index (χ3n) is 3.94. The summed E-state index contributed by atoms with van der Waals surface area (Å²) in [7, 11) is 0. The maximum absolute atomic E-state index is 5.48. The molecule has 0 spiro atoms. The minimum atomic E-state index is 0.575. The molecule has 1 radical (unpaired) electrons. The second-order valence-electron chi connectivity index (χ2n) is 4.99. The van der Waals surface area contributed by atoms with Crippen LogP contribution in [0.4, 0.5) is 0 Å². The minimum Gasteiger partial charge on any atom is -0.379 e. The summed E-state index contributed by atoms with van der Waals surface area (Å²) in [6.07, 6.45) is 0.575. The van der Waals surface area contributed by atoms with Crippen molar-refractivity contribution in [3.63, 3.8) is 0 Å². The van der Waals surface area contributed by atoms with Gasteiger partial charge in [-0.1, -0.05) is 0 Å². The highest BCUT2D eigenvalue weighted by molar-refractivity contribution is 7.99. The van der Waals surface area contributed by atoms with Crippen molar-refractivity contribution < 1.29 is 4.74 Å². The second-order valence-corrected chi connectivity index (χ2v) is 6.14. The van der Waals surface area contributed by atoms with Crippen molar-refractivity contribution in [2.24, 2.45) is 0 Å². The van der Waals surface area contributed by atoms with Crippen LogP contribution in [0.15, 0.2) is 0 Å². The molecule has 3 aliphatic heterocycles. The van der Waals surface area contributed by atoms with Gasteiger partial charge in [0.15, 0.2) is 0 Å². The van der Waals surface area contributed by atoms with Crippen LogP contribution >= 0.6 is 11.8 Å². The molecule has 5 nitrogen and oxygen atoms in total. The number of hydrogen-bond donors (Lipinski definition) is 0. The van der Waals surface area contributed by atoms with Gasteiger partial charge in [-0.25, -0.2) is 15.3 Å². The molecule has 0 aliphatic carbocycles. The Morgan fingerprint density at radius 2 is 1.78 bits per heavy atom. The monoisotopic (exact) mass is 271 g/mol. The van der Waals surface area contributed by atoms with Crippen LogP contribution in [-0.4, -0.2) is 91.6 Å². The van der Waals surface area contributed by atoms with Crippen LogP contribution in [0.2, 0.25) is 0 Å². The molecular formula is C12H23N4OS. The summed E-state index contributed by atoms with van der Waals surface area (Å²) in [4.78, 5) is 2.60. The Morgan fingerprint density at radius 3 is 2.56 bits per heavy atom. The molecule has 103 valence electrons. The van der Waals surface area contributed by atoms with Gasteiger partial charge in [0, 0.05) is 57.3 Å². The summed E-state index contributed by atoms with van der Waals surface area (Å²) >= 11 is 2.09. The van der Waals surface area contributed by atoms with E-state index in [0.29, 0.717) is 6.17 Å². The zero-order valence-electron chi connectivity index (χ0n) is 11.0. The number of thioether (sulfide) groups is 1. The molecule has 0 aromatic carbocycles. The number of rotatable bonds is 2. The van der Waals surface area contributed by atoms with Gasteiger partial charge in [0.25, 0.3) is 0 Å². The zero-order valence-corrected chi connectivity index (χ0v) is 11.8. The van der Waals surface area contributed by atoms with Gasteiger partial charge >= 0.3 is 0 Å². The summed E-state index contributed by atoms with van der Waals surface area (Å²) in [6.45, 7) is 9.34. The van der Waals surface area contributed by atoms with Crippen LogP contribution in [0.25, 0.3) is 0 Å². The van der Waals surface area contributed by atoms with Crippen molar-refractivity contribution >= 4 is 11.8 Å². The molecule has 3 saturated heterocycles. The Kier molecular flexibility index (Phi) is 4.78. The van der Waals surface area contributed by atoms with E-state index >= 15 is 0 Å². The van der Waals surface area contributed by atoms with E-state index in [4.69, 9.17) is 4.74 Å². The molecule has 0 amide bonds. The number of hydrazine groups is 1. The number of hydrogen-bond acceptors (Lipinski definition) is 5. The summed E-state index contributed by atoms with van der Waals surface area (Å²) in [5, 5.41) is 9.59. The molecule has 3 rings (SSSR count). The highest BCUT2D eigenvalue weighted by atomic mass is 32.2. The van der Waals surface area contributed by atoms with Gasteiger partial charge in [-0.15, -0.1) is 0 Å². The molecule has 6 heteroatoms. The lowest BCUT2D eigenvalue weighted by molar-refractivity contribution is -0.126. The predicted octanol–water partition coefficient (Wildman–Crippen LogP) is -0.471. The van der Waals surface area contributed by atoms with Gasteiger partial charge in [0.1, 0.15) is 0 Å². The first kappa shape index (κ1) is 13.1. The largest absolute Gasteiger partial charge is 0.379 e. The van der Waals surface area contributed by atoms with Gasteiger partial charge in [0.2, 0.25) is 0 Å². The van der Waals surface area contributed by atoms with Crippen LogP contribution in [0.1, 0.15) is 0 Å². The topological polar surface area (TPSA) is 33.1 Å². The number of nitrogens with zero attached hydrogens (tertiary/aromatic N) is 4. The maximum atomic E-state index is 5.48. The van der Waals surface area contributed by atoms with Crippen molar-refractivity contribution in [3.8, 4) is 0 Å². The summed E-state index contributed by atoms with van der Waals surface area (Å²) < 4.78 is 5.48. The summed E-state index contributed by atoms with van der Waals surface area (Å²) in [5.41, 5.74) is 0. The van der Waals surface area contributed by atoms with Crippen LogP contribution in [0.5, 0.6) is 0 Å². The third kappa shape index (κ3) is 3.00. The molecule has 3 fully saturated rings. The fourth-order valence-corrected chi connectivity index (χ4v) is 4.01. The average Bonchev–Trinajstić information content (AvgIpc) is 2.49. The molecule has 18 heavy (non-hydrogen) atoms. The number of piperazine rings is 1. The lowest BCUT2D eigenvalue weighted by Gasteiger charge is -2.49. The normalized spacial score (nSPS) is 33.7. The van der Waals surface area contributed by atoms with E-state index in [2.05, 4.69) is 32.0 Å². The molecule has 1 atom stereocenters. The predicted molar refractivity (Wildman–Crippen MR) is 73.7 cm³/mol. The van der Waals surface area contributed by atoms with Crippen molar-refractivity contribution in [3.05, 3.63) is 0 Å². The zero-order chi connectivity index (χ0) is 12.2. The van der Waals surface area contributed by atoms with Gasteiger partial charge in [-0.2, -0.15) is 11.8 Å². The van der Waals surface area contributed by atoms with Gasteiger partial charge in [-0.3, -0.25) is 4.90 Å². The Morgan fingerprint density at radius 1 is 1.00 bits per heavy atom. The maximum Gasteiger partial charge on any atom is 0.0853 e. The summed E-state index contributed by atoms with van der Waals surface area (Å²) in [5.74, 6) is 2.49. The molecular weight excluding hydrogens is 248 g/mol. The molecule has 0 bridgehead atoms. The van der Waals surface area contributed by atoms with E-state index in [9.17, 15) is 0 Å². The van der Waals surface area contributed by atoms with E-state index in [0.717, 1.165) is 52.5 Å². The highest BCUT2D eigenvalue weighted by Crippen LogP contribution is 2.22. The lowest BCUT2D eigenvalue weighted by Crippen LogP contribution is -2.63. The molecule has 0 saturated carbocycles. The molecule has 0 aromatic heterocycles. The van der Waals surface area contributed by atoms with Crippen LogP contribution in [0.3, 0.4) is 0 Å². The molecule has 0 N–H and O–H groups in total. The first-order chi connectivity index (χ1) is 8.95. The highest BCUT2D eigenvalue weighted by Gasteiger charge is 2.33. The SMILES string of the molecule is C1CN(N2CCSCC2N2CCOCC2)CC[N]1. The first-order valence-corrected chi connectivity index (χ1v) is 8.15. The molecule has 3 aliphatic rings. The van der Waals surface area contributed by atoms with Crippen molar-refractivity contribution in [2.45, 2.75) is 6.17 Å². The Bertz CT molecular complexity index is 230. The van der Waals surface area contributed by atoms with E-state index in [1.165, 1.54) is 18.1 Å². The Hall–Kier alpha value is 0.150. The summed E-state index contributed by atoms with van der Waals surface area (Å²) in [6, 6.07) is 0. The van der Waals surface area contributed by atoms with Crippen LogP contribution < -0.4 is 5.32 Å². The van der Waals surface area contributed by atoms with Crippen LogP contribution in [0, 0.1) is 0 Å². The smallest absolute Gasteiger partial charge is 0.0853 e. The molecule has 3 heterocycles.